The zero-order valence-electron chi connectivity index (χ0n) is 10.3. The minimum absolute atomic E-state index is 0.0379. The van der Waals surface area contributed by atoms with Crippen molar-refractivity contribution in [1.29, 1.82) is 0 Å². The summed E-state index contributed by atoms with van der Waals surface area (Å²) in [6, 6.07) is 0. The van der Waals surface area contributed by atoms with Crippen LogP contribution in [0.25, 0.3) is 0 Å². The van der Waals surface area contributed by atoms with Crippen LogP contribution in [-0.2, 0) is 9.53 Å². The number of carbonyl (C=O) groups excluding carboxylic acids is 1. The Morgan fingerprint density at radius 2 is 2.27 bits per heavy atom. The molecule has 0 radical (unpaired) electrons. The first-order valence-corrected chi connectivity index (χ1v) is 6.22. The highest BCUT2D eigenvalue weighted by molar-refractivity contribution is 9.09. The largest absolute Gasteiger partial charge is 0.461 e. The lowest BCUT2D eigenvalue weighted by Gasteiger charge is -2.52. The quantitative estimate of drug-likeness (QED) is 0.417. The summed E-state index contributed by atoms with van der Waals surface area (Å²) in [6.07, 6.45) is 3.87. The minimum atomic E-state index is -1.17. The predicted octanol–water partition coefficient (Wildman–Crippen LogP) is 2.91. The molecule has 2 nitrogen and oxygen atoms in total. The van der Waals surface area contributed by atoms with Crippen molar-refractivity contribution in [3.05, 3.63) is 12.2 Å². The average Bonchev–Trinajstić information content (AvgIpc) is 2.29. The number of fused-ring (bicyclic) bond motifs is 2. The summed E-state index contributed by atoms with van der Waals surface area (Å²) in [5.41, 5.74) is 0.0379. The third-order valence-corrected chi connectivity index (χ3v) is 4.49. The van der Waals surface area contributed by atoms with Crippen LogP contribution in [-0.4, -0.2) is 16.9 Å². The fourth-order valence-corrected chi connectivity index (χ4v) is 3.17. The Bertz CT molecular complexity index is 353. The van der Waals surface area contributed by atoms with Gasteiger partial charge in [0.2, 0.25) is 0 Å². The van der Waals surface area contributed by atoms with Crippen molar-refractivity contribution in [1.82, 2.24) is 0 Å². The molecule has 1 fully saturated rings. The van der Waals surface area contributed by atoms with Crippen LogP contribution >= 0.6 is 15.9 Å². The van der Waals surface area contributed by atoms with Crippen LogP contribution in [0.4, 0.5) is 0 Å². The van der Waals surface area contributed by atoms with E-state index in [1.807, 2.05) is 6.08 Å². The molecule has 3 rings (SSSR count). The van der Waals surface area contributed by atoms with Gasteiger partial charge in [-0.15, -0.1) is 0 Å². The van der Waals surface area contributed by atoms with Gasteiger partial charge in [-0.2, -0.15) is 0 Å². The molecule has 3 unspecified atom stereocenters. The Labute approximate surface area is 101 Å². The molecule has 0 amide bonds. The van der Waals surface area contributed by atoms with Crippen molar-refractivity contribution in [2.24, 2.45) is 17.3 Å². The second-order valence-corrected chi connectivity index (χ2v) is 5.99. The van der Waals surface area contributed by atoms with Gasteiger partial charge < -0.3 is 4.74 Å². The third kappa shape index (κ3) is 1.75. The van der Waals surface area contributed by atoms with E-state index in [9.17, 15) is 4.79 Å². The summed E-state index contributed by atoms with van der Waals surface area (Å²) in [7, 11) is 0. The second kappa shape index (κ2) is 3.62. The van der Waals surface area contributed by atoms with E-state index < -0.39 is 6.08 Å². The number of hydrogen-bond donors (Lipinski definition) is 0. The fourth-order valence-electron chi connectivity index (χ4n) is 2.58. The van der Waals surface area contributed by atoms with Crippen LogP contribution in [0.3, 0.4) is 0 Å². The number of halogens is 1. The normalized spacial score (nSPS) is 47.5. The molecule has 0 N–H and O–H groups in total. The van der Waals surface area contributed by atoms with E-state index in [0.29, 0.717) is 5.92 Å². The van der Waals surface area contributed by atoms with Crippen LogP contribution in [0.2, 0.25) is 0 Å². The molecule has 3 heteroatoms. The highest BCUT2D eigenvalue weighted by Crippen LogP contribution is 2.56. The molecule has 0 spiro atoms. The van der Waals surface area contributed by atoms with Gasteiger partial charge in [0.25, 0.3) is 0 Å². The van der Waals surface area contributed by atoms with E-state index in [4.69, 9.17) is 6.11 Å². The highest BCUT2D eigenvalue weighted by Gasteiger charge is 2.54. The lowest BCUT2D eigenvalue weighted by atomic mass is 9.54. The summed E-state index contributed by atoms with van der Waals surface area (Å²) >= 11 is 3.46. The van der Waals surface area contributed by atoms with Crippen molar-refractivity contribution in [2.75, 3.05) is 0 Å². The Kier molecular flexibility index (Phi) is 2.38. The van der Waals surface area contributed by atoms with E-state index in [0.717, 1.165) is 6.42 Å². The first-order chi connectivity index (χ1) is 7.28. The number of alkyl halides is 1. The molecule has 84 valence electrons. The lowest BCUT2D eigenvalue weighted by Crippen LogP contribution is -2.51. The molecule has 3 aliphatic carbocycles. The van der Waals surface area contributed by atoms with Crippen LogP contribution in [0.5, 0.6) is 0 Å². The van der Waals surface area contributed by atoms with E-state index >= 15 is 0 Å². The molecule has 3 aliphatic rings. The standard InChI is InChI=1S/C12H17BrO2/c1-7(14)15-11-9-6-8(12(9,2)3)4-5-10(11)13/h4-5,8-11H,6H2,1-3H3/t8?,9?,10-,11?/m0/s1/i11D. The van der Waals surface area contributed by atoms with Crippen molar-refractivity contribution >= 4 is 21.9 Å². The Morgan fingerprint density at radius 1 is 1.60 bits per heavy atom. The van der Waals surface area contributed by atoms with Gasteiger partial charge in [0, 0.05) is 12.8 Å². The van der Waals surface area contributed by atoms with Gasteiger partial charge in [-0.1, -0.05) is 41.9 Å². The molecule has 1 saturated carbocycles. The molecule has 15 heavy (non-hydrogen) atoms. The molecular weight excluding hydrogens is 256 g/mol. The molecule has 2 bridgehead atoms. The van der Waals surface area contributed by atoms with Gasteiger partial charge in [0.05, 0.1) is 6.20 Å². The average molecular weight is 274 g/mol. The monoisotopic (exact) mass is 273 g/mol. The van der Waals surface area contributed by atoms with Crippen molar-refractivity contribution in [3.8, 4) is 0 Å². The van der Waals surface area contributed by atoms with Crippen LogP contribution in [0, 0.1) is 17.3 Å². The molecule has 0 saturated heterocycles. The maximum Gasteiger partial charge on any atom is 0.302 e. The lowest BCUT2D eigenvalue weighted by molar-refractivity contribution is -0.158. The van der Waals surface area contributed by atoms with E-state index in [1.165, 1.54) is 6.92 Å². The first-order valence-electron chi connectivity index (χ1n) is 5.80. The Hall–Kier alpha value is -0.310. The van der Waals surface area contributed by atoms with Crippen molar-refractivity contribution < 1.29 is 10.9 Å². The summed E-state index contributed by atoms with van der Waals surface area (Å²) in [4.78, 5) is 10.9. The zero-order chi connectivity index (χ0) is 12.1. The van der Waals surface area contributed by atoms with Crippen molar-refractivity contribution in [3.63, 3.8) is 0 Å². The first kappa shape index (κ1) is 9.88. The summed E-state index contributed by atoms with van der Waals surface area (Å²) in [5, 5.41) is 0. The molecule has 0 aromatic heterocycles. The molecular formula is C12H17BrO2. The summed E-state index contributed by atoms with van der Waals surface area (Å²) in [5.74, 6) is 0.211. The number of hydrogen-bond acceptors (Lipinski definition) is 2. The number of allylic oxidation sites excluding steroid dienone is 1. The maximum atomic E-state index is 11.2. The highest BCUT2D eigenvalue weighted by atomic mass is 79.9. The van der Waals surface area contributed by atoms with E-state index in [-0.39, 0.29) is 22.1 Å². The molecule has 0 aliphatic heterocycles. The topological polar surface area (TPSA) is 26.3 Å². The minimum Gasteiger partial charge on any atom is -0.461 e. The van der Waals surface area contributed by atoms with Gasteiger partial charge >= 0.3 is 5.97 Å². The van der Waals surface area contributed by atoms with Gasteiger partial charge in [0.1, 0.15) is 6.08 Å². The number of ether oxygens (including phenoxy) is 1. The van der Waals surface area contributed by atoms with Crippen LogP contribution in [0.1, 0.15) is 28.6 Å². The summed E-state index contributed by atoms with van der Waals surface area (Å²) in [6.45, 7) is 5.66. The molecule has 0 aromatic carbocycles. The van der Waals surface area contributed by atoms with Crippen molar-refractivity contribution in [2.45, 2.75) is 38.1 Å². The molecule has 0 heterocycles. The molecule has 0 aromatic rings. The zero-order valence-corrected chi connectivity index (χ0v) is 10.9. The predicted molar refractivity (Wildman–Crippen MR) is 62.8 cm³/mol. The van der Waals surface area contributed by atoms with E-state index in [1.54, 1.807) is 0 Å². The van der Waals surface area contributed by atoms with Crippen LogP contribution < -0.4 is 0 Å². The number of esters is 1. The van der Waals surface area contributed by atoms with E-state index in [2.05, 4.69) is 35.9 Å². The van der Waals surface area contributed by atoms with Gasteiger partial charge in [-0.3, -0.25) is 4.79 Å². The van der Waals surface area contributed by atoms with Gasteiger partial charge in [0.15, 0.2) is 0 Å². The third-order valence-electron chi connectivity index (χ3n) is 3.73. The Balaban J connectivity index is 2.35. The maximum absolute atomic E-state index is 11.2. The fraction of sp³-hybridized carbons (Fsp3) is 0.750. The second-order valence-electron chi connectivity index (χ2n) is 5.00. The molecule has 4 atom stereocenters. The van der Waals surface area contributed by atoms with Gasteiger partial charge in [-0.25, -0.2) is 0 Å². The number of rotatable bonds is 1. The number of carbonyl (C=O) groups is 1. The SMILES string of the molecule is [2H]C1(OC(C)=O)C2CC(C=C[C@@H]1Br)C2(C)C. The van der Waals surface area contributed by atoms with Crippen LogP contribution in [0.15, 0.2) is 12.2 Å². The van der Waals surface area contributed by atoms with Gasteiger partial charge in [-0.05, 0) is 17.8 Å². The smallest absolute Gasteiger partial charge is 0.302 e. The summed E-state index contributed by atoms with van der Waals surface area (Å²) < 4.78 is 13.7. The Morgan fingerprint density at radius 3 is 2.80 bits per heavy atom.